The Hall–Kier alpha value is -2.84. The van der Waals surface area contributed by atoms with E-state index in [9.17, 15) is 9.59 Å². The van der Waals surface area contributed by atoms with Crippen LogP contribution in [0.15, 0.2) is 41.9 Å². The average molecular weight is 391 g/mol. The van der Waals surface area contributed by atoms with Crippen molar-refractivity contribution < 1.29 is 14.3 Å². The molecule has 0 aliphatic rings. The number of hydrogen-bond acceptors (Lipinski definition) is 5. The number of benzene rings is 1. The minimum Gasteiger partial charge on any atom is -0.494 e. The zero-order valence-electron chi connectivity index (χ0n) is 13.7. The van der Waals surface area contributed by atoms with E-state index in [1.54, 1.807) is 28.7 Å². The predicted molar refractivity (Wildman–Crippen MR) is 100 cm³/mol. The molecule has 7 nitrogen and oxygen atoms in total. The summed E-state index contributed by atoms with van der Waals surface area (Å²) in [6.45, 7) is 2.43. The highest BCUT2D eigenvalue weighted by Crippen LogP contribution is 2.22. The van der Waals surface area contributed by atoms with Crippen molar-refractivity contribution in [1.82, 2.24) is 20.2 Å². The Morgan fingerprint density at radius 2 is 2.08 bits per heavy atom. The van der Waals surface area contributed by atoms with Crippen LogP contribution in [-0.4, -0.2) is 27.8 Å². The van der Waals surface area contributed by atoms with Crippen molar-refractivity contribution in [3.63, 3.8) is 0 Å². The van der Waals surface area contributed by atoms with Crippen LogP contribution in [0.5, 0.6) is 5.75 Å². The standard InChI is InChI=1S/C17H15ClN4O3S/c1-2-25-12-5-3-11(4-6-12)16(24)21-20-14(23)8-7-13-15(18)19-17-22(13)9-10-26-17/h3-10H,2H2,1H3,(H,20,23)(H,21,24)/b8-7+. The van der Waals surface area contributed by atoms with Crippen LogP contribution < -0.4 is 15.6 Å². The number of nitrogens with one attached hydrogen (secondary N) is 2. The monoisotopic (exact) mass is 390 g/mol. The molecule has 2 N–H and O–H groups in total. The molecule has 3 aromatic rings. The second-order valence-corrected chi connectivity index (χ2v) is 6.31. The van der Waals surface area contributed by atoms with Crippen LogP contribution >= 0.6 is 22.9 Å². The van der Waals surface area contributed by atoms with Gasteiger partial charge in [0.15, 0.2) is 10.1 Å². The van der Waals surface area contributed by atoms with Crippen LogP contribution in [0.25, 0.3) is 11.0 Å². The normalized spacial score (nSPS) is 11.0. The molecule has 0 bridgehead atoms. The first-order valence-corrected chi connectivity index (χ1v) is 8.96. The lowest BCUT2D eigenvalue weighted by molar-refractivity contribution is -0.117. The third kappa shape index (κ3) is 4.04. The van der Waals surface area contributed by atoms with E-state index in [0.717, 1.165) is 4.96 Å². The molecule has 2 aromatic heterocycles. The maximum atomic E-state index is 12.0. The second-order valence-electron chi connectivity index (χ2n) is 5.08. The lowest BCUT2D eigenvalue weighted by Gasteiger charge is -2.06. The maximum Gasteiger partial charge on any atom is 0.269 e. The Balaban J connectivity index is 1.57. The fraction of sp³-hybridized carbons (Fsp3) is 0.118. The quantitative estimate of drug-likeness (QED) is 0.518. The van der Waals surface area contributed by atoms with Crippen molar-refractivity contribution in [2.45, 2.75) is 6.92 Å². The number of thiazole rings is 1. The van der Waals surface area contributed by atoms with E-state index < -0.39 is 11.8 Å². The second kappa shape index (κ2) is 8.03. The minimum atomic E-state index is -0.495. The molecule has 0 fully saturated rings. The molecule has 1 aromatic carbocycles. The van der Waals surface area contributed by atoms with E-state index in [1.807, 2.05) is 18.5 Å². The Morgan fingerprint density at radius 1 is 1.31 bits per heavy atom. The highest BCUT2D eigenvalue weighted by Gasteiger charge is 2.09. The van der Waals surface area contributed by atoms with Gasteiger partial charge >= 0.3 is 0 Å². The van der Waals surface area contributed by atoms with Gasteiger partial charge < -0.3 is 4.74 Å². The average Bonchev–Trinajstić information content (AvgIpc) is 3.19. The van der Waals surface area contributed by atoms with Crippen molar-refractivity contribution in [3.8, 4) is 5.75 Å². The Bertz CT molecular complexity index is 962. The van der Waals surface area contributed by atoms with E-state index in [0.29, 0.717) is 28.8 Å². The number of hydrogen-bond donors (Lipinski definition) is 2. The summed E-state index contributed by atoms with van der Waals surface area (Å²) in [6, 6.07) is 6.60. The Morgan fingerprint density at radius 3 is 2.81 bits per heavy atom. The molecule has 134 valence electrons. The molecule has 26 heavy (non-hydrogen) atoms. The topological polar surface area (TPSA) is 84.7 Å². The van der Waals surface area contributed by atoms with Crippen molar-refractivity contribution in [2.75, 3.05) is 6.61 Å². The summed E-state index contributed by atoms with van der Waals surface area (Å²) >= 11 is 7.49. The highest BCUT2D eigenvalue weighted by molar-refractivity contribution is 7.15. The van der Waals surface area contributed by atoms with Crippen LogP contribution in [0.2, 0.25) is 5.15 Å². The van der Waals surface area contributed by atoms with E-state index >= 15 is 0 Å². The van der Waals surface area contributed by atoms with Crippen molar-refractivity contribution in [2.24, 2.45) is 0 Å². The molecule has 0 saturated carbocycles. The van der Waals surface area contributed by atoms with Crippen LogP contribution in [0.3, 0.4) is 0 Å². The molecule has 9 heteroatoms. The zero-order valence-corrected chi connectivity index (χ0v) is 15.3. The number of carbonyl (C=O) groups is 2. The first-order chi connectivity index (χ1) is 12.6. The third-order valence-corrected chi connectivity index (χ3v) is 4.41. The van der Waals surface area contributed by atoms with Gasteiger partial charge in [-0.3, -0.25) is 24.8 Å². The molecule has 0 radical (unpaired) electrons. The summed E-state index contributed by atoms with van der Waals surface area (Å²) in [4.78, 5) is 28.8. The van der Waals surface area contributed by atoms with Gasteiger partial charge in [0.2, 0.25) is 0 Å². The van der Waals surface area contributed by atoms with Crippen LogP contribution in [0.4, 0.5) is 0 Å². The summed E-state index contributed by atoms with van der Waals surface area (Å²) in [5, 5.41) is 2.17. The number of hydrazine groups is 1. The largest absolute Gasteiger partial charge is 0.494 e. The Kier molecular flexibility index (Phi) is 5.55. The number of halogens is 1. The molecular formula is C17H15ClN4O3S. The number of rotatable bonds is 5. The number of fused-ring (bicyclic) bond motifs is 1. The van der Waals surface area contributed by atoms with Gasteiger partial charge in [0.05, 0.1) is 12.3 Å². The lowest BCUT2D eigenvalue weighted by Crippen LogP contribution is -2.40. The van der Waals surface area contributed by atoms with Gasteiger partial charge in [-0.25, -0.2) is 4.98 Å². The summed E-state index contributed by atoms with van der Waals surface area (Å²) in [7, 11) is 0. The van der Waals surface area contributed by atoms with Crippen molar-refractivity contribution >= 4 is 45.8 Å². The molecule has 0 aliphatic heterocycles. The first-order valence-electron chi connectivity index (χ1n) is 7.70. The van der Waals surface area contributed by atoms with Crippen molar-refractivity contribution in [1.29, 1.82) is 0 Å². The smallest absolute Gasteiger partial charge is 0.269 e. The third-order valence-electron chi connectivity index (χ3n) is 3.37. The molecule has 0 spiro atoms. The van der Waals surface area contributed by atoms with Crippen LogP contribution in [0, 0.1) is 0 Å². The highest BCUT2D eigenvalue weighted by atomic mass is 35.5. The summed E-state index contributed by atoms with van der Waals surface area (Å²) in [5.74, 6) is -0.253. The van der Waals surface area contributed by atoms with Gasteiger partial charge in [0.25, 0.3) is 11.8 Å². The van der Waals surface area contributed by atoms with Gasteiger partial charge in [0, 0.05) is 23.2 Å². The number of carbonyl (C=O) groups excluding carboxylic acids is 2. The molecular weight excluding hydrogens is 376 g/mol. The van der Waals surface area contributed by atoms with E-state index in [4.69, 9.17) is 16.3 Å². The van der Waals surface area contributed by atoms with E-state index in [-0.39, 0.29) is 0 Å². The molecule has 0 aliphatic carbocycles. The van der Waals surface area contributed by atoms with Gasteiger partial charge in [-0.05, 0) is 37.3 Å². The molecule has 0 saturated heterocycles. The fourth-order valence-corrected chi connectivity index (χ4v) is 3.19. The molecule has 3 rings (SSSR count). The molecule has 0 atom stereocenters. The summed E-state index contributed by atoms with van der Waals surface area (Å²) in [5.41, 5.74) is 5.65. The van der Waals surface area contributed by atoms with Crippen LogP contribution in [0.1, 0.15) is 23.0 Å². The molecule has 2 amide bonds. The SMILES string of the molecule is CCOc1ccc(C(=O)NNC(=O)/C=C/c2c(Cl)nc3sccn23)cc1. The zero-order chi connectivity index (χ0) is 18.5. The minimum absolute atomic E-state index is 0.305. The van der Waals surface area contributed by atoms with Crippen LogP contribution in [-0.2, 0) is 4.79 Å². The van der Waals surface area contributed by atoms with E-state index in [2.05, 4.69) is 15.8 Å². The fourth-order valence-electron chi connectivity index (χ4n) is 2.18. The van der Waals surface area contributed by atoms with Gasteiger partial charge in [-0.15, -0.1) is 11.3 Å². The number of imidazole rings is 1. The lowest BCUT2D eigenvalue weighted by atomic mass is 10.2. The predicted octanol–water partition coefficient (Wildman–Crippen LogP) is 2.92. The summed E-state index contributed by atoms with van der Waals surface area (Å²) < 4.78 is 7.09. The van der Waals surface area contributed by atoms with Gasteiger partial charge in [-0.1, -0.05) is 11.6 Å². The molecule has 2 heterocycles. The van der Waals surface area contributed by atoms with Crippen molar-refractivity contribution in [3.05, 3.63) is 58.3 Å². The molecule has 0 unspecified atom stereocenters. The number of nitrogens with zero attached hydrogens (tertiary/aromatic N) is 2. The first kappa shape index (κ1) is 18.0. The number of ether oxygens (including phenoxy) is 1. The maximum absolute atomic E-state index is 12.0. The van der Waals surface area contributed by atoms with Gasteiger partial charge in [0.1, 0.15) is 5.75 Å². The van der Waals surface area contributed by atoms with Gasteiger partial charge in [-0.2, -0.15) is 0 Å². The van der Waals surface area contributed by atoms with E-state index in [1.165, 1.54) is 23.5 Å². The number of amides is 2. The number of aromatic nitrogens is 2. The summed E-state index contributed by atoms with van der Waals surface area (Å²) in [6.07, 6.45) is 4.61. The Labute approximate surface area is 158 Å².